The second-order valence-electron chi connectivity index (χ2n) is 5.87. The summed E-state index contributed by atoms with van der Waals surface area (Å²) in [6.07, 6.45) is 1.15. The number of thiophene rings is 1. The van der Waals surface area contributed by atoms with Gasteiger partial charge < -0.3 is 16.4 Å². The number of Topliss-reactive ketones (excluding diaryl/α,β-unsaturated/α-hetero) is 1. The van der Waals surface area contributed by atoms with Crippen LogP contribution in [-0.4, -0.2) is 23.5 Å². The summed E-state index contributed by atoms with van der Waals surface area (Å²) in [6.45, 7) is 4.73. The molecule has 7 nitrogen and oxygen atoms in total. The average molecular weight is 385 g/mol. The first-order chi connectivity index (χ1) is 12.7. The lowest BCUT2D eigenvalue weighted by atomic mass is 10.1. The molecule has 4 N–H and O–H groups in total. The van der Waals surface area contributed by atoms with Gasteiger partial charge in [-0.25, -0.2) is 0 Å². The number of carbonyl (C=O) groups is 4. The van der Waals surface area contributed by atoms with Gasteiger partial charge in [-0.2, -0.15) is 0 Å². The number of ketones is 1. The molecule has 0 radical (unpaired) electrons. The van der Waals surface area contributed by atoms with Crippen molar-refractivity contribution in [3.63, 3.8) is 0 Å². The Hall–Kier alpha value is -3.26. The summed E-state index contributed by atoms with van der Waals surface area (Å²) in [6, 6.07) is 8.01. The number of hydrogen-bond donors (Lipinski definition) is 3. The predicted octanol–water partition coefficient (Wildman–Crippen LogP) is 2.88. The number of aryl methyl sites for hydroxylation is 1. The molecular weight excluding hydrogens is 366 g/mol. The number of rotatable bonds is 6. The summed E-state index contributed by atoms with van der Waals surface area (Å²) in [5.41, 5.74) is 6.72. The van der Waals surface area contributed by atoms with Crippen LogP contribution in [0.1, 0.15) is 39.4 Å². The van der Waals surface area contributed by atoms with E-state index in [4.69, 9.17) is 5.73 Å². The van der Waals surface area contributed by atoms with E-state index in [1.54, 1.807) is 37.3 Å². The van der Waals surface area contributed by atoms with Crippen LogP contribution < -0.4 is 16.4 Å². The van der Waals surface area contributed by atoms with Crippen molar-refractivity contribution in [3.05, 3.63) is 58.0 Å². The zero-order valence-electron chi connectivity index (χ0n) is 15.1. The summed E-state index contributed by atoms with van der Waals surface area (Å²) in [7, 11) is 0. The van der Waals surface area contributed by atoms with Crippen LogP contribution in [0, 0.1) is 6.92 Å². The lowest BCUT2D eigenvalue weighted by molar-refractivity contribution is -0.114. The fraction of sp³-hybridized carbons (Fsp3) is 0.158. The maximum atomic E-state index is 12.3. The quantitative estimate of drug-likeness (QED) is 0.523. The Morgan fingerprint density at radius 1 is 1.04 bits per heavy atom. The Bertz CT molecular complexity index is 942. The lowest BCUT2D eigenvalue weighted by Crippen LogP contribution is -2.18. The molecule has 140 valence electrons. The predicted molar refractivity (Wildman–Crippen MR) is 105 cm³/mol. The van der Waals surface area contributed by atoms with E-state index in [0.717, 1.165) is 11.0 Å². The second kappa shape index (κ2) is 8.41. The molecule has 0 aliphatic heterocycles. The van der Waals surface area contributed by atoms with E-state index in [1.165, 1.54) is 25.2 Å². The number of amides is 3. The molecule has 2 rings (SSSR count). The second-order valence-corrected chi connectivity index (χ2v) is 7.12. The van der Waals surface area contributed by atoms with Crippen LogP contribution in [0.25, 0.3) is 0 Å². The van der Waals surface area contributed by atoms with Crippen molar-refractivity contribution >= 4 is 45.5 Å². The largest absolute Gasteiger partial charge is 0.366 e. The molecule has 0 aliphatic carbocycles. The molecule has 0 atom stereocenters. The molecule has 0 unspecified atom stereocenters. The molecule has 3 amide bonds. The van der Waals surface area contributed by atoms with Crippen LogP contribution in [0.15, 0.2) is 42.0 Å². The summed E-state index contributed by atoms with van der Waals surface area (Å²) < 4.78 is 0. The minimum atomic E-state index is -0.636. The van der Waals surface area contributed by atoms with Crippen LogP contribution in [0.3, 0.4) is 0 Å². The first kappa shape index (κ1) is 20.1. The van der Waals surface area contributed by atoms with Gasteiger partial charge in [0.1, 0.15) is 5.00 Å². The Morgan fingerprint density at radius 2 is 1.67 bits per heavy atom. The van der Waals surface area contributed by atoms with Crippen LogP contribution in [0.2, 0.25) is 0 Å². The van der Waals surface area contributed by atoms with Gasteiger partial charge in [-0.05, 0) is 51.1 Å². The maximum Gasteiger partial charge on any atom is 0.252 e. The summed E-state index contributed by atoms with van der Waals surface area (Å²) in [5.74, 6) is -1.71. The molecule has 8 heteroatoms. The zero-order chi connectivity index (χ0) is 20.1. The third-order valence-corrected chi connectivity index (χ3v) is 4.58. The van der Waals surface area contributed by atoms with Gasteiger partial charge in [0.25, 0.3) is 11.8 Å². The van der Waals surface area contributed by atoms with Crippen molar-refractivity contribution in [1.29, 1.82) is 0 Å². The third-order valence-electron chi connectivity index (χ3n) is 3.61. The molecule has 0 aliphatic rings. The highest BCUT2D eigenvalue weighted by Gasteiger charge is 2.16. The minimum Gasteiger partial charge on any atom is -0.366 e. The Morgan fingerprint density at radius 3 is 2.22 bits per heavy atom. The van der Waals surface area contributed by atoms with Gasteiger partial charge in [0.15, 0.2) is 5.78 Å². The van der Waals surface area contributed by atoms with Crippen molar-refractivity contribution in [3.8, 4) is 0 Å². The molecule has 1 aromatic heterocycles. The molecule has 0 saturated carbocycles. The maximum absolute atomic E-state index is 12.3. The summed E-state index contributed by atoms with van der Waals surface area (Å²) in [4.78, 5) is 47.8. The summed E-state index contributed by atoms with van der Waals surface area (Å²) in [5, 5.41) is 5.55. The first-order valence-electron chi connectivity index (χ1n) is 7.99. The van der Waals surface area contributed by atoms with Crippen LogP contribution in [0.4, 0.5) is 10.7 Å². The van der Waals surface area contributed by atoms with Crippen LogP contribution in [-0.2, 0) is 9.59 Å². The highest BCUT2D eigenvalue weighted by Crippen LogP contribution is 2.27. The number of anilines is 2. The van der Waals surface area contributed by atoms with Gasteiger partial charge in [-0.3, -0.25) is 19.2 Å². The van der Waals surface area contributed by atoms with Crippen molar-refractivity contribution in [2.45, 2.75) is 20.8 Å². The standard InChI is InChI=1S/C19H19N3O4S/c1-10(18(26)22-19-15(17(20)25)9-11(2)27-19)8-16(24)21-14-6-4-13(5-7-14)12(3)23/h4-9H,1-3H3,(H2,20,25)(H,21,24)(H,22,26)/b10-8+. The molecule has 1 heterocycles. The fourth-order valence-corrected chi connectivity index (χ4v) is 3.13. The van der Waals surface area contributed by atoms with E-state index in [0.29, 0.717) is 16.3 Å². The Balaban J connectivity index is 2.05. The first-order valence-corrected chi connectivity index (χ1v) is 8.81. The molecule has 0 bridgehead atoms. The lowest BCUT2D eigenvalue weighted by Gasteiger charge is -2.06. The van der Waals surface area contributed by atoms with Crippen LogP contribution >= 0.6 is 11.3 Å². The molecule has 1 aromatic carbocycles. The highest BCUT2D eigenvalue weighted by atomic mass is 32.1. The smallest absolute Gasteiger partial charge is 0.252 e. The number of benzene rings is 1. The number of nitrogens with one attached hydrogen (secondary N) is 2. The monoisotopic (exact) mass is 385 g/mol. The molecule has 0 fully saturated rings. The normalized spacial score (nSPS) is 11.0. The number of hydrogen-bond acceptors (Lipinski definition) is 5. The zero-order valence-corrected chi connectivity index (χ0v) is 15.9. The fourth-order valence-electron chi connectivity index (χ4n) is 2.22. The number of nitrogens with two attached hydrogens (primary N) is 1. The van der Waals surface area contributed by atoms with Gasteiger partial charge in [-0.15, -0.1) is 11.3 Å². The topological polar surface area (TPSA) is 118 Å². The van der Waals surface area contributed by atoms with Gasteiger partial charge >= 0.3 is 0 Å². The van der Waals surface area contributed by atoms with E-state index in [9.17, 15) is 19.2 Å². The molecule has 2 aromatic rings. The Kier molecular flexibility index (Phi) is 6.25. The Labute approximate surface area is 160 Å². The summed E-state index contributed by atoms with van der Waals surface area (Å²) >= 11 is 1.23. The van der Waals surface area contributed by atoms with Gasteiger partial charge in [0.2, 0.25) is 5.91 Å². The van der Waals surface area contributed by atoms with E-state index in [2.05, 4.69) is 10.6 Å². The SMILES string of the molecule is CC(=O)c1ccc(NC(=O)/C=C(\C)C(=O)Nc2sc(C)cc2C(N)=O)cc1. The van der Waals surface area contributed by atoms with E-state index in [-0.39, 0.29) is 16.9 Å². The van der Waals surface area contributed by atoms with Gasteiger partial charge in [-0.1, -0.05) is 0 Å². The van der Waals surface area contributed by atoms with Crippen molar-refractivity contribution in [2.75, 3.05) is 10.6 Å². The van der Waals surface area contributed by atoms with Gasteiger partial charge in [0, 0.05) is 27.8 Å². The van der Waals surface area contributed by atoms with Crippen molar-refractivity contribution in [1.82, 2.24) is 0 Å². The molecule has 27 heavy (non-hydrogen) atoms. The minimum absolute atomic E-state index is 0.0700. The molecular formula is C19H19N3O4S. The molecule has 0 saturated heterocycles. The highest BCUT2D eigenvalue weighted by molar-refractivity contribution is 7.16. The van der Waals surface area contributed by atoms with Gasteiger partial charge in [0.05, 0.1) is 5.56 Å². The van der Waals surface area contributed by atoms with Crippen LogP contribution in [0.5, 0.6) is 0 Å². The molecule has 0 spiro atoms. The van der Waals surface area contributed by atoms with Crippen molar-refractivity contribution < 1.29 is 19.2 Å². The number of carbonyl (C=O) groups excluding carboxylic acids is 4. The van der Waals surface area contributed by atoms with E-state index >= 15 is 0 Å². The average Bonchev–Trinajstić information content (AvgIpc) is 2.95. The van der Waals surface area contributed by atoms with Crippen molar-refractivity contribution in [2.24, 2.45) is 5.73 Å². The van der Waals surface area contributed by atoms with E-state index < -0.39 is 17.7 Å². The third kappa shape index (κ3) is 5.35. The number of primary amides is 1. The van der Waals surface area contributed by atoms with E-state index in [1.807, 2.05) is 0 Å².